The number of aromatic amines is 1. The van der Waals surface area contributed by atoms with E-state index < -0.39 is 0 Å². The third-order valence-corrected chi connectivity index (χ3v) is 4.61. The highest BCUT2D eigenvalue weighted by Crippen LogP contribution is 2.28. The van der Waals surface area contributed by atoms with E-state index in [4.69, 9.17) is 11.6 Å². The maximum absolute atomic E-state index is 12.4. The van der Waals surface area contributed by atoms with Crippen LogP contribution in [0.4, 0.5) is 5.69 Å². The molecule has 3 nitrogen and oxygen atoms in total. The Labute approximate surface area is 144 Å². The van der Waals surface area contributed by atoms with Crippen LogP contribution < -0.4 is 5.32 Å². The Morgan fingerprint density at radius 1 is 0.958 bits per heavy atom. The predicted octanol–water partition coefficient (Wildman–Crippen LogP) is 5.54. The first-order chi connectivity index (χ1) is 11.6. The number of hydrogen-bond donors (Lipinski definition) is 2. The van der Waals surface area contributed by atoms with Gasteiger partial charge in [-0.15, -0.1) is 0 Å². The molecule has 1 heterocycles. The summed E-state index contributed by atoms with van der Waals surface area (Å²) in [7, 11) is 0. The number of aryl methyl sites for hydroxylation is 1. The predicted molar refractivity (Wildman–Crippen MR) is 99.9 cm³/mol. The number of para-hydroxylation sites is 1. The monoisotopic (exact) mass is 334 g/mol. The average molecular weight is 335 g/mol. The molecule has 4 aromatic rings. The summed E-state index contributed by atoms with van der Waals surface area (Å²) in [6.45, 7) is 1.91. The van der Waals surface area contributed by atoms with Gasteiger partial charge in [-0.1, -0.05) is 35.9 Å². The Morgan fingerprint density at radius 3 is 2.58 bits per heavy atom. The van der Waals surface area contributed by atoms with Crippen LogP contribution in [0, 0.1) is 6.92 Å². The van der Waals surface area contributed by atoms with Crippen LogP contribution in [-0.2, 0) is 0 Å². The van der Waals surface area contributed by atoms with Gasteiger partial charge in [-0.2, -0.15) is 0 Å². The summed E-state index contributed by atoms with van der Waals surface area (Å²) in [5.41, 5.74) is 4.39. The molecule has 0 saturated carbocycles. The van der Waals surface area contributed by atoms with E-state index in [0.717, 1.165) is 33.1 Å². The molecule has 4 heteroatoms. The van der Waals surface area contributed by atoms with Crippen molar-refractivity contribution >= 4 is 45.0 Å². The molecule has 3 aromatic carbocycles. The summed E-state index contributed by atoms with van der Waals surface area (Å²) in [5.74, 6) is -0.170. The normalized spacial score (nSPS) is 11.1. The van der Waals surface area contributed by atoms with Crippen LogP contribution in [0.2, 0.25) is 5.02 Å². The van der Waals surface area contributed by atoms with Gasteiger partial charge in [0.1, 0.15) is 0 Å². The van der Waals surface area contributed by atoms with Crippen molar-refractivity contribution in [1.82, 2.24) is 4.98 Å². The van der Waals surface area contributed by atoms with Gasteiger partial charge in [0.05, 0.1) is 0 Å². The van der Waals surface area contributed by atoms with Crippen LogP contribution in [0.15, 0.2) is 60.7 Å². The van der Waals surface area contributed by atoms with Crippen molar-refractivity contribution in [2.24, 2.45) is 0 Å². The standard InChI is InChI=1S/C20H15ClN2O/c1-12-6-7-13(10-17(12)21)20(24)22-14-8-9-19-16(11-14)15-4-2-3-5-18(15)23-19/h2-11,23H,1H3,(H,22,24). The average Bonchev–Trinajstić information content (AvgIpc) is 2.95. The number of fused-ring (bicyclic) bond motifs is 3. The van der Waals surface area contributed by atoms with Gasteiger partial charge >= 0.3 is 0 Å². The van der Waals surface area contributed by atoms with Crippen LogP contribution in [0.1, 0.15) is 15.9 Å². The number of carbonyl (C=O) groups is 1. The third-order valence-electron chi connectivity index (χ3n) is 4.20. The topological polar surface area (TPSA) is 44.9 Å². The molecular formula is C20H15ClN2O. The van der Waals surface area contributed by atoms with Crippen molar-refractivity contribution in [1.29, 1.82) is 0 Å². The number of amides is 1. The molecule has 0 bridgehead atoms. The molecule has 1 aromatic heterocycles. The Bertz CT molecular complexity index is 1080. The molecule has 0 radical (unpaired) electrons. The quantitative estimate of drug-likeness (QED) is 0.497. The van der Waals surface area contributed by atoms with E-state index in [-0.39, 0.29) is 5.91 Å². The Morgan fingerprint density at radius 2 is 1.75 bits per heavy atom. The van der Waals surface area contributed by atoms with Crippen LogP contribution in [0.3, 0.4) is 0 Å². The highest BCUT2D eigenvalue weighted by molar-refractivity contribution is 6.31. The highest BCUT2D eigenvalue weighted by atomic mass is 35.5. The second-order valence-corrected chi connectivity index (χ2v) is 6.26. The first-order valence-corrected chi connectivity index (χ1v) is 8.07. The smallest absolute Gasteiger partial charge is 0.255 e. The van der Waals surface area contributed by atoms with E-state index in [1.54, 1.807) is 12.1 Å². The molecular weight excluding hydrogens is 320 g/mol. The highest BCUT2D eigenvalue weighted by Gasteiger charge is 2.10. The molecule has 0 unspecified atom stereocenters. The van der Waals surface area contributed by atoms with Gasteiger partial charge in [-0.05, 0) is 48.9 Å². The largest absolute Gasteiger partial charge is 0.355 e. The second kappa shape index (κ2) is 5.69. The van der Waals surface area contributed by atoms with E-state index in [1.165, 1.54) is 0 Å². The van der Waals surface area contributed by atoms with Crippen molar-refractivity contribution in [3.63, 3.8) is 0 Å². The van der Waals surface area contributed by atoms with Crippen LogP contribution in [-0.4, -0.2) is 10.9 Å². The summed E-state index contributed by atoms with van der Waals surface area (Å²) in [4.78, 5) is 15.8. The Hall–Kier alpha value is -2.78. The lowest BCUT2D eigenvalue weighted by atomic mass is 10.1. The number of nitrogens with one attached hydrogen (secondary N) is 2. The number of rotatable bonds is 2. The molecule has 4 rings (SSSR count). The number of benzene rings is 3. The van der Waals surface area contributed by atoms with Gasteiger partial charge in [0.15, 0.2) is 0 Å². The zero-order valence-corrected chi connectivity index (χ0v) is 13.8. The molecule has 0 aliphatic carbocycles. The molecule has 0 spiro atoms. The van der Waals surface area contributed by atoms with Gasteiger partial charge < -0.3 is 10.3 Å². The van der Waals surface area contributed by atoms with Crippen molar-refractivity contribution in [3.8, 4) is 0 Å². The summed E-state index contributed by atoms with van der Waals surface area (Å²) in [6, 6.07) is 19.3. The molecule has 2 N–H and O–H groups in total. The minimum absolute atomic E-state index is 0.170. The van der Waals surface area contributed by atoms with E-state index in [1.807, 2.05) is 49.4 Å². The SMILES string of the molecule is Cc1ccc(C(=O)Nc2ccc3[nH]c4ccccc4c3c2)cc1Cl. The molecule has 24 heavy (non-hydrogen) atoms. The molecule has 0 aliphatic heterocycles. The first kappa shape index (κ1) is 14.8. The number of H-pyrrole nitrogens is 1. The molecule has 1 amide bonds. The minimum atomic E-state index is -0.170. The van der Waals surface area contributed by atoms with Gasteiger partial charge in [-0.25, -0.2) is 0 Å². The van der Waals surface area contributed by atoms with Crippen LogP contribution >= 0.6 is 11.6 Å². The fourth-order valence-corrected chi connectivity index (χ4v) is 3.04. The zero-order valence-electron chi connectivity index (χ0n) is 13.1. The van der Waals surface area contributed by atoms with E-state index >= 15 is 0 Å². The Balaban J connectivity index is 1.70. The summed E-state index contributed by atoms with van der Waals surface area (Å²) in [6.07, 6.45) is 0. The van der Waals surface area contributed by atoms with Crippen LogP contribution in [0.5, 0.6) is 0 Å². The maximum atomic E-state index is 12.4. The molecule has 0 aliphatic rings. The van der Waals surface area contributed by atoms with Crippen molar-refractivity contribution < 1.29 is 4.79 Å². The van der Waals surface area contributed by atoms with E-state index in [2.05, 4.69) is 16.4 Å². The Kier molecular flexibility index (Phi) is 3.51. The minimum Gasteiger partial charge on any atom is -0.355 e. The third kappa shape index (κ3) is 2.53. The molecule has 118 valence electrons. The van der Waals surface area contributed by atoms with Crippen molar-refractivity contribution in [2.45, 2.75) is 6.92 Å². The van der Waals surface area contributed by atoms with E-state index in [9.17, 15) is 4.79 Å². The van der Waals surface area contributed by atoms with Crippen molar-refractivity contribution in [2.75, 3.05) is 5.32 Å². The number of hydrogen-bond acceptors (Lipinski definition) is 1. The zero-order chi connectivity index (χ0) is 16.7. The molecule has 0 saturated heterocycles. The summed E-state index contributed by atoms with van der Waals surface area (Å²) in [5, 5.41) is 5.76. The maximum Gasteiger partial charge on any atom is 0.255 e. The molecule has 0 fully saturated rings. The summed E-state index contributed by atoms with van der Waals surface area (Å²) < 4.78 is 0. The number of carbonyl (C=O) groups excluding carboxylic acids is 1. The fraction of sp³-hybridized carbons (Fsp3) is 0.0500. The van der Waals surface area contributed by atoms with Crippen LogP contribution in [0.25, 0.3) is 21.8 Å². The number of halogens is 1. The second-order valence-electron chi connectivity index (χ2n) is 5.85. The lowest BCUT2D eigenvalue weighted by molar-refractivity contribution is 0.102. The van der Waals surface area contributed by atoms with Gasteiger partial charge in [0, 0.05) is 38.1 Å². The van der Waals surface area contributed by atoms with Gasteiger partial charge in [-0.3, -0.25) is 4.79 Å². The fourth-order valence-electron chi connectivity index (χ4n) is 2.86. The lowest BCUT2D eigenvalue weighted by Crippen LogP contribution is -2.11. The number of aromatic nitrogens is 1. The summed E-state index contributed by atoms with van der Waals surface area (Å²) >= 11 is 6.11. The van der Waals surface area contributed by atoms with E-state index in [0.29, 0.717) is 10.6 Å². The first-order valence-electron chi connectivity index (χ1n) is 7.70. The van der Waals surface area contributed by atoms with Gasteiger partial charge in [0.2, 0.25) is 0 Å². The number of anilines is 1. The van der Waals surface area contributed by atoms with Crippen molar-refractivity contribution in [3.05, 3.63) is 76.8 Å². The molecule has 0 atom stereocenters. The van der Waals surface area contributed by atoms with Gasteiger partial charge in [0.25, 0.3) is 5.91 Å². The lowest BCUT2D eigenvalue weighted by Gasteiger charge is -2.07.